The van der Waals surface area contributed by atoms with Crippen LogP contribution in [0.2, 0.25) is 0 Å². The molecule has 1 unspecified atom stereocenters. The number of hydrogen-bond acceptors (Lipinski definition) is 2. The zero-order valence-electron chi connectivity index (χ0n) is 13.1. The van der Waals surface area contributed by atoms with Gasteiger partial charge in [-0.2, -0.15) is 0 Å². The second kappa shape index (κ2) is 6.23. The maximum atomic E-state index is 4.69. The predicted molar refractivity (Wildman–Crippen MR) is 78.4 cm³/mol. The summed E-state index contributed by atoms with van der Waals surface area (Å²) in [7, 11) is 2.13. The van der Waals surface area contributed by atoms with Crippen LogP contribution in [0.25, 0.3) is 0 Å². The molecule has 0 aromatic rings. The summed E-state index contributed by atoms with van der Waals surface area (Å²) in [5, 5.41) is 0. The molecule has 0 aromatic carbocycles. The lowest BCUT2D eigenvalue weighted by atomic mass is 9.88. The van der Waals surface area contributed by atoms with Gasteiger partial charge in [0.1, 0.15) is 6.17 Å². The van der Waals surface area contributed by atoms with E-state index in [0.29, 0.717) is 5.92 Å². The van der Waals surface area contributed by atoms with E-state index in [1.54, 1.807) is 0 Å². The highest BCUT2D eigenvalue weighted by atomic mass is 15.2. The molecular weight excluding hydrogens is 208 g/mol. The fourth-order valence-corrected chi connectivity index (χ4v) is 1.84. The summed E-state index contributed by atoms with van der Waals surface area (Å²) in [6, 6.07) is 0. The Kier molecular flexibility index (Phi) is 5.94. The monoisotopic (exact) mass is 238 g/mol. The van der Waals surface area contributed by atoms with E-state index in [2.05, 4.69) is 59.6 Å². The Hall–Kier alpha value is -0.790. The van der Waals surface area contributed by atoms with Gasteiger partial charge in [-0.25, -0.2) is 0 Å². The van der Waals surface area contributed by atoms with Crippen molar-refractivity contribution in [1.82, 2.24) is 4.90 Å². The number of nitrogens with zero attached hydrogens (tertiary/aromatic N) is 2. The maximum absolute atomic E-state index is 4.69. The fourth-order valence-electron chi connectivity index (χ4n) is 1.84. The highest BCUT2D eigenvalue weighted by molar-refractivity contribution is 5.97. The molecule has 100 valence electrons. The first-order valence-corrected chi connectivity index (χ1v) is 6.76. The first-order valence-electron chi connectivity index (χ1n) is 6.76. The SMILES string of the molecule is CC.CC(C)C1=NC(C)N(C)C(C(C)(C)C)=C1. The average Bonchev–Trinajstić information content (AvgIpc) is 2.22. The van der Waals surface area contributed by atoms with Gasteiger partial charge < -0.3 is 4.90 Å². The third-order valence-corrected chi connectivity index (χ3v) is 2.92. The third-order valence-electron chi connectivity index (χ3n) is 2.92. The zero-order chi connectivity index (χ0) is 13.8. The standard InChI is InChI=1S/C13H24N2.C2H6/c1-9(2)11-8-12(13(4,5)6)15(7)10(3)14-11;1-2/h8-10H,1-7H3;1-2H3. The Labute approximate surface area is 108 Å². The minimum atomic E-state index is 0.194. The normalized spacial score (nSPS) is 20.6. The average molecular weight is 238 g/mol. The van der Waals surface area contributed by atoms with Crippen LogP contribution in [0.1, 0.15) is 55.4 Å². The molecule has 0 fully saturated rings. The lowest BCUT2D eigenvalue weighted by Gasteiger charge is -2.38. The summed E-state index contributed by atoms with van der Waals surface area (Å²) >= 11 is 0. The molecule has 17 heavy (non-hydrogen) atoms. The highest BCUT2D eigenvalue weighted by Crippen LogP contribution is 2.31. The molecule has 0 spiro atoms. The Morgan fingerprint density at radius 3 is 2.06 bits per heavy atom. The molecule has 0 amide bonds. The van der Waals surface area contributed by atoms with Gasteiger partial charge in [-0.1, -0.05) is 48.5 Å². The molecule has 0 radical (unpaired) electrons. The van der Waals surface area contributed by atoms with Crippen LogP contribution in [0.5, 0.6) is 0 Å². The van der Waals surface area contributed by atoms with E-state index >= 15 is 0 Å². The van der Waals surface area contributed by atoms with E-state index in [1.807, 2.05) is 13.8 Å². The molecule has 0 aliphatic carbocycles. The van der Waals surface area contributed by atoms with Crippen LogP contribution in [0, 0.1) is 11.3 Å². The molecule has 1 rings (SSSR count). The van der Waals surface area contributed by atoms with Crippen molar-refractivity contribution < 1.29 is 0 Å². The number of allylic oxidation sites excluding steroid dienone is 2. The van der Waals surface area contributed by atoms with Crippen LogP contribution >= 0.6 is 0 Å². The molecule has 2 nitrogen and oxygen atoms in total. The molecule has 0 saturated heterocycles. The van der Waals surface area contributed by atoms with E-state index in [0.717, 1.165) is 0 Å². The van der Waals surface area contributed by atoms with Crippen molar-refractivity contribution in [2.75, 3.05) is 7.05 Å². The van der Waals surface area contributed by atoms with Crippen LogP contribution in [0.4, 0.5) is 0 Å². The summed E-state index contributed by atoms with van der Waals surface area (Å²) < 4.78 is 0. The molecule has 1 atom stereocenters. The predicted octanol–water partition coefficient (Wildman–Crippen LogP) is 4.33. The van der Waals surface area contributed by atoms with Gasteiger partial charge >= 0.3 is 0 Å². The summed E-state index contributed by atoms with van der Waals surface area (Å²) in [5.74, 6) is 0.512. The van der Waals surface area contributed by atoms with Crippen molar-refractivity contribution in [2.45, 2.75) is 61.6 Å². The van der Waals surface area contributed by atoms with Crippen molar-refractivity contribution in [2.24, 2.45) is 16.3 Å². The second-order valence-corrected chi connectivity index (χ2v) is 5.73. The van der Waals surface area contributed by atoms with E-state index in [1.165, 1.54) is 11.4 Å². The second-order valence-electron chi connectivity index (χ2n) is 5.73. The van der Waals surface area contributed by atoms with Crippen molar-refractivity contribution in [3.63, 3.8) is 0 Å². The van der Waals surface area contributed by atoms with Gasteiger partial charge in [-0.15, -0.1) is 0 Å². The van der Waals surface area contributed by atoms with E-state index < -0.39 is 0 Å². The molecular formula is C15H30N2. The zero-order valence-corrected chi connectivity index (χ0v) is 13.1. The Morgan fingerprint density at radius 2 is 1.71 bits per heavy atom. The largest absolute Gasteiger partial charge is 0.356 e. The Bertz CT molecular complexity index is 293. The topological polar surface area (TPSA) is 15.6 Å². The van der Waals surface area contributed by atoms with Gasteiger partial charge in [0.25, 0.3) is 0 Å². The molecule has 0 aromatic heterocycles. The van der Waals surface area contributed by atoms with Crippen molar-refractivity contribution in [3.05, 3.63) is 11.8 Å². The molecule has 1 heterocycles. The van der Waals surface area contributed by atoms with E-state index in [-0.39, 0.29) is 11.6 Å². The number of hydrogen-bond donors (Lipinski definition) is 0. The summed E-state index contributed by atoms with van der Waals surface area (Å²) in [5.41, 5.74) is 2.80. The molecule has 2 heteroatoms. The number of aliphatic imine (C=N–C) groups is 1. The first-order chi connectivity index (χ1) is 7.73. The molecule has 1 aliphatic heterocycles. The van der Waals surface area contributed by atoms with Gasteiger partial charge in [0.15, 0.2) is 0 Å². The van der Waals surface area contributed by atoms with Crippen LogP contribution in [0.15, 0.2) is 16.8 Å². The van der Waals surface area contributed by atoms with Crippen molar-refractivity contribution in [1.29, 1.82) is 0 Å². The summed E-state index contributed by atoms with van der Waals surface area (Å²) in [6.07, 6.45) is 2.52. The third kappa shape index (κ3) is 4.18. The fraction of sp³-hybridized carbons (Fsp3) is 0.800. The lowest BCUT2D eigenvalue weighted by molar-refractivity contribution is 0.255. The molecule has 0 saturated carbocycles. The Morgan fingerprint density at radius 1 is 1.24 bits per heavy atom. The van der Waals surface area contributed by atoms with Gasteiger partial charge in [-0.05, 0) is 18.9 Å². The van der Waals surface area contributed by atoms with Crippen LogP contribution in [-0.2, 0) is 0 Å². The smallest absolute Gasteiger partial charge is 0.118 e. The minimum Gasteiger partial charge on any atom is -0.356 e. The Balaban J connectivity index is 0.00000121. The van der Waals surface area contributed by atoms with E-state index in [9.17, 15) is 0 Å². The van der Waals surface area contributed by atoms with E-state index in [4.69, 9.17) is 4.99 Å². The first kappa shape index (κ1) is 16.2. The minimum absolute atomic E-state index is 0.194. The van der Waals surface area contributed by atoms with Gasteiger partial charge in [0, 0.05) is 23.9 Å². The number of rotatable bonds is 1. The van der Waals surface area contributed by atoms with Gasteiger partial charge in [-0.3, -0.25) is 4.99 Å². The lowest BCUT2D eigenvalue weighted by Crippen LogP contribution is -2.37. The quantitative estimate of drug-likeness (QED) is 0.664. The van der Waals surface area contributed by atoms with Crippen molar-refractivity contribution >= 4 is 5.71 Å². The highest BCUT2D eigenvalue weighted by Gasteiger charge is 2.27. The van der Waals surface area contributed by atoms with Crippen LogP contribution < -0.4 is 0 Å². The van der Waals surface area contributed by atoms with Crippen molar-refractivity contribution in [3.8, 4) is 0 Å². The molecule has 0 bridgehead atoms. The van der Waals surface area contributed by atoms with Crippen LogP contribution in [-0.4, -0.2) is 23.8 Å². The van der Waals surface area contributed by atoms with Gasteiger partial charge in [0.05, 0.1) is 0 Å². The summed E-state index contributed by atoms with van der Waals surface area (Å²) in [6.45, 7) is 17.3. The molecule has 1 aliphatic rings. The van der Waals surface area contributed by atoms with Gasteiger partial charge in [0.2, 0.25) is 0 Å². The molecule has 0 N–H and O–H groups in total. The maximum Gasteiger partial charge on any atom is 0.118 e. The van der Waals surface area contributed by atoms with Crippen LogP contribution in [0.3, 0.4) is 0 Å². The summed E-state index contributed by atoms with van der Waals surface area (Å²) in [4.78, 5) is 6.96.